The molecule has 0 aromatic heterocycles. The van der Waals surface area contributed by atoms with E-state index in [-0.39, 0.29) is 0 Å². The Morgan fingerprint density at radius 2 is 1.95 bits per heavy atom. The van der Waals surface area contributed by atoms with E-state index in [2.05, 4.69) is 65.7 Å². The Morgan fingerprint density at radius 3 is 2.75 bits per heavy atom. The van der Waals surface area contributed by atoms with Gasteiger partial charge in [0.25, 0.3) is 0 Å². The second kappa shape index (κ2) is 6.00. The first-order valence-corrected chi connectivity index (χ1v) is 7.52. The second-order valence-electron chi connectivity index (χ2n) is 5.37. The van der Waals surface area contributed by atoms with Gasteiger partial charge in [0.1, 0.15) is 0 Å². The van der Waals surface area contributed by atoms with Crippen LogP contribution < -0.4 is 10.2 Å². The summed E-state index contributed by atoms with van der Waals surface area (Å²) in [5, 5.41) is 3.48. The minimum absolute atomic E-state index is 0.980. The average Bonchev–Trinajstić information content (AvgIpc) is 2.53. The van der Waals surface area contributed by atoms with Crippen LogP contribution in [0.5, 0.6) is 0 Å². The lowest BCUT2D eigenvalue weighted by Gasteiger charge is -2.25. The Labute approximate surface area is 121 Å². The van der Waals surface area contributed by atoms with Crippen LogP contribution in [0, 0.1) is 0 Å². The predicted molar refractivity (Wildman–Crippen MR) is 86.4 cm³/mol. The van der Waals surface area contributed by atoms with E-state index in [1.807, 2.05) is 0 Å². The van der Waals surface area contributed by atoms with Crippen LogP contribution in [0.2, 0.25) is 0 Å². The minimum Gasteiger partial charge on any atom is -0.385 e. The van der Waals surface area contributed by atoms with Gasteiger partial charge >= 0.3 is 0 Å². The Balaban J connectivity index is 1.79. The van der Waals surface area contributed by atoms with Crippen molar-refractivity contribution in [2.45, 2.75) is 26.3 Å². The summed E-state index contributed by atoms with van der Waals surface area (Å²) in [5.74, 6) is 0. The fourth-order valence-corrected chi connectivity index (χ4v) is 2.87. The smallest absolute Gasteiger partial charge is 0.0429 e. The zero-order valence-electron chi connectivity index (χ0n) is 12.1. The molecule has 3 rings (SSSR count). The zero-order valence-corrected chi connectivity index (χ0v) is 12.1. The van der Waals surface area contributed by atoms with Crippen molar-refractivity contribution in [3.63, 3.8) is 0 Å². The van der Waals surface area contributed by atoms with Crippen molar-refractivity contribution in [3.8, 4) is 0 Å². The molecule has 0 saturated heterocycles. The highest BCUT2D eigenvalue weighted by atomic mass is 15.1. The van der Waals surface area contributed by atoms with Gasteiger partial charge in [0.2, 0.25) is 0 Å². The number of anilines is 2. The van der Waals surface area contributed by atoms with E-state index in [0.717, 1.165) is 19.6 Å². The number of hydrogen-bond donors (Lipinski definition) is 1. The van der Waals surface area contributed by atoms with Gasteiger partial charge in [0, 0.05) is 31.0 Å². The van der Waals surface area contributed by atoms with Crippen molar-refractivity contribution in [1.82, 2.24) is 0 Å². The summed E-state index contributed by atoms with van der Waals surface area (Å²) >= 11 is 0. The van der Waals surface area contributed by atoms with Crippen LogP contribution in [0.4, 0.5) is 11.4 Å². The fourth-order valence-electron chi connectivity index (χ4n) is 2.87. The lowest BCUT2D eigenvalue weighted by molar-refractivity contribution is 0.810. The molecule has 0 amide bonds. The summed E-state index contributed by atoms with van der Waals surface area (Å²) in [4.78, 5) is 2.41. The quantitative estimate of drug-likeness (QED) is 0.897. The molecule has 0 fully saturated rings. The summed E-state index contributed by atoms with van der Waals surface area (Å²) < 4.78 is 0. The number of rotatable bonds is 4. The van der Waals surface area contributed by atoms with Gasteiger partial charge in [-0.25, -0.2) is 0 Å². The first-order valence-electron chi connectivity index (χ1n) is 7.52. The third-order valence-corrected chi connectivity index (χ3v) is 3.98. The molecule has 1 aliphatic heterocycles. The highest BCUT2D eigenvalue weighted by Gasteiger charge is 2.10. The maximum atomic E-state index is 3.48. The number of nitrogens with zero attached hydrogens (tertiary/aromatic N) is 1. The van der Waals surface area contributed by atoms with E-state index in [4.69, 9.17) is 0 Å². The minimum atomic E-state index is 0.980. The van der Waals surface area contributed by atoms with Crippen molar-refractivity contribution >= 4 is 11.4 Å². The van der Waals surface area contributed by atoms with Crippen molar-refractivity contribution in [1.29, 1.82) is 0 Å². The number of fused-ring (bicyclic) bond motifs is 1. The number of hydrogen-bond acceptors (Lipinski definition) is 2. The Morgan fingerprint density at radius 1 is 1.10 bits per heavy atom. The van der Waals surface area contributed by atoms with Crippen LogP contribution in [-0.2, 0) is 13.0 Å². The molecule has 2 aromatic carbocycles. The molecule has 1 aliphatic rings. The van der Waals surface area contributed by atoms with Crippen LogP contribution in [0.25, 0.3) is 0 Å². The average molecular weight is 266 g/mol. The van der Waals surface area contributed by atoms with Crippen molar-refractivity contribution in [2.24, 2.45) is 0 Å². The van der Waals surface area contributed by atoms with Crippen LogP contribution >= 0.6 is 0 Å². The first-order chi connectivity index (χ1) is 9.86. The largest absolute Gasteiger partial charge is 0.385 e. The number of aryl methyl sites for hydroxylation is 1. The number of benzene rings is 2. The van der Waals surface area contributed by atoms with Crippen molar-refractivity contribution in [3.05, 3.63) is 59.7 Å². The molecule has 0 bridgehead atoms. The first kappa shape index (κ1) is 13.0. The summed E-state index contributed by atoms with van der Waals surface area (Å²) in [6.07, 6.45) is 2.44. The molecule has 0 radical (unpaired) electrons. The van der Waals surface area contributed by atoms with E-state index < -0.39 is 0 Å². The van der Waals surface area contributed by atoms with E-state index in [1.54, 1.807) is 0 Å². The standard InChI is InChI=1S/C18H22N2/c1-2-20(17-8-4-3-5-9-17)14-15-10-11-18-16(13-15)7-6-12-19-18/h3-5,8-11,13,19H,2,6-7,12,14H2,1H3. The zero-order chi connectivity index (χ0) is 13.8. The maximum absolute atomic E-state index is 3.48. The van der Waals surface area contributed by atoms with Crippen molar-refractivity contribution in [2.75, 3.05) is 23.3 Å². The van der Waals surface area contributed by atoms with E-state index >= 15 is 0 Å². The fraction of sp³-hybridized carbons (Fsp3) is 0.333. The molecule has 1 heterocycles. The lowest BCUT2D eigenvalue weighted by Crippen LogP contribution is -2.22. The third kappa shape index (κ3) is 2.79. The van der Waals surface area contributed by atoms with Crippen molar-refractivity contribution < 1.29 is 0 Å². The molecule has 2 heteroatoms. The van der Waals surface area contributed by atoms with Crippen LogP contribution in [0.3, 0.4) is 0 Å². The van der Waals surface area contributed by atoms with Crippen LogP contribution in [0.1, 0.15) is 24.5 Å². The number of nitrogens with one attached hydrogen (secondary N) is 1. The highest BCUT2D eigenvalue weighted by molar-refractivity contribution is 5.55. The molecule has 0 unspecified atom stereocenters. The Hall–Kier alpha value is -1.96. The van der Waals surface area contributed by atoms with Gasteiger partial charge in [0.15, 0.2) is 0 Å². The van der Waals surface area contributed by atoms with Gasteiger partial charge in [-0.15, -0.1) is 0 Å². The normalized spacial score (nSPS) is 13.4. The highest BCUT2D eigenvalue weighted by Crippen LogP contribution is 2.24. The Bertz CT molecular complexity index is 563. The molecule has 104 valence electrons. The van der Waals surface area contributed by atoms with Gasteiger partial charge < -0.3 is 10.2 Å². The molecule has 0 spiro atoms. The second-order valence-corrected chi connectivity index (χ2v) is 5.37. The summed E-state index contributed by atoms with van der Waals surface area (Å²) in [5.41, 5.74) is 5.49. The van der Waals surface area contributed by atoms with Gasteiger partial charge in [0.05, 0.1) is 0 Å². The van der Waals surface area contributed by atoms with Gasteiger partial charge in [-0.1, -0.05) is 30.3 Å². The number of para-hydroxylation sites is 1. The summed E-state index contributed by atoms with van der Waals surface area (Å²) in [6.45, 7) is 5.33. The molecule has 2 aromatic rings. The lowest BCUT2D eigenvalue weighted by atomic mass is 10.0. The molecule has 2 nitrogen and oxygen atoms in total. The third-order valence-electron chi connectivity index (χ3n) is 3.98. The van der Waals surface area contributed by atoms with Gasteiger partial charge in [-0.2, -0.15) is 0 Å². The van der Waals surface area contributed by atoms with Gasteiger partial charge in [-0.05, 0) is 49.1 Å². The van der Waals surface area contributed by atoms with Crippen LogP contribution in [0.15, 0.2) is 48.5 Å². The van der Waals surface area contributed by atoms with E-state index in [0.29, 0.717) is 0 Å². The molecule has 20 heavy (non-hydrogen) atoms. The Kier molecular flexibility index (Phi) is 3.91. The molecule has 0 atom stereocenters. The van der Waals surface area contributed by atoms with Gasteiger partial charge in [-0.3, -0.25) is 0 Å². The molecule has 0 saturated carbocycles. The topological polar surface area (TPSA) is 15.3 Å². The predicted octanol–water partition coefficient (Wildman–Crippen LogP) is 4.07. The monoisotopic (exact) mass is 266 g/mol. The molecular weight excluding hydrogens is 244 g/mol. The SMILES string of the molecule is CCN(Cc1ccc2c(c1)CCCN2)c1ccccc1. The summed E-state index contributed by atoms with van der Waals surface area (Å²) in [6, 6.07) is 17.5. The maximum Gasteiger partial charge on any atom is 0.0429 e. The summed E-state index contributed by atoms with van der Waals surface area (Å²) in [7, 11) is 0. The van der Waals surface area contributed by atoms with E-state index in [1.165, 1.54) is 35.3 Å². The molecular formula is C18H22N2. The molecule has 1 N–H and O–H groups in total. The van der Waals surface area contributed by atoms with Crippen LogP contribution in [-0.4, -0.2) is 13.1 Å². The molecule has 0 aliphatic carbocycles. The van der Waals surface area contributed by atoms with E-state index in [9.17, 15) is 0 Å².